The topological polar surface area (TPSA) is 96.0 Å². The zero-order valence-corrected chi connectivity index (χ0v) is 20.6. The quantitative estimate of drug-likeness (QED) is 0.407. The van der Waals surface area contributed by atoms with Gasteiger partial charge in [-0.2, -0.15) is 8.78 Å². The fraction of sp³-hybridized carbons (Fsp3) is 0.370. The molecule has 6 rings (SSSR count). The Labute approximate surface area is 216 Å². The van der Waals surface area contributed by atoms with Crippen LogP contribution < -0.4 is 4.74 Å². The average molecular weight is 526 g/mol. The van der Waals surface area contributed by atoms with Crippen molar-refractivity contribution in [2.45, 2.75) is 43.5 Å². The number of ether oxygens (including phenoxy) is 1. The summed E-state index contributed by atoms with van der Waals surface area (Å²) in [5, 5.41) is 21.7. The highest BCUT2D eigenvalue weighted by Crippen LogP contribution is 2.47. The van der Waals surface area contributed by atoms with E-state index in [1.165, 1.54) is 24.5 Å². The van der Waals surface area contributed by atoms with Crippen LogP contribution in [0.2, 0.25) is 0 Å². The second-order valence-electron chi connectivity index (χ2n) is 10.00. The molecule has 11 heteroatoms. The molecule has 8 nitrogen and oxygen atoms in total. The third-order valence-corrected chi connectivity index (χ3v) is 7.58. The van der Waals surface area contributed by atoms with E-state index in [4.69, 9.17) is 4.74 Å². The number of piperidine rings is 1. The number of alkyl halides is 2. The zero-order valence-electron chi connectivity index (χ0n) is 20.6. The van der Waals surface area contributed by atoms with Crippen LogP contribution in [0.5, 0.6) is 5.75 Å². The van der Waals surface area contributed by atoms with Crippen molar-refractivity contribution in [3.63, 3.8) is 0 Å². The first-order chi connectivity index (χ1) is 18.2. The van der Waals surface area contributed by atoms with Gasteiger partial charge in [-0.05, 0) is 32.4 Å². The molecule has 0 spiro atoms. The van der Waals surface area contributed by atoms with Crippen molar-refractivity contribution in [3.8, 4) is 16.9 Å². The molecule has 2 N–H and O–H groups in total. The molecule has 38 heavy (non-hydrogen) atoms. The lowest BCUT2D eigenvalue weighted by molar-refractivity contribution is -0.0506. The average Bonchev–Trinajstić information content (AvgIpc) is 3.42. The fourth-order valence-corrected chi connectivity index (χ4v) is 5.52. The number of nitrogens with zero attached hydrogens (tertiary/aromatic N) is 5. The van der Waals surface area contributed by atoms with E-state index in [9.17, 15) is 19.0 Å². The van der Waals surface area contributed by atoms with Gasteiger partial charge in [-0.1, -0.05) is 18.2 Å². The number of pyridine rings is 1. The minimum Gasteiger partial charge on any atom is -0.435 e. The number of aliphatic hydroxyl groups is 2. The number of benzene rings is 1. The Morgan fingerprint density at radius 3 is 2.55 bits per heavy atom. The predicted molar refractivity (Wildman–Crippen MR) is 131 cm³/mol. The third kappa shape index (κ3) is 4.20. The number of rotatable bonds is 5. The van der Waals surface area contributed by atoms with E-state index in [-0.39, 0.29) is 23.4 Å². The second-order valence-corrected chi connectivity index (χ2v) is 10.00. The van der Waals surface area contributed by atoms with E-state index >= 15 is 4.39 Å². The molecule has 0 bridgehead atoms. The van der Waals surface area contributed by atoms with Crippen molar-refractivity contribution in [1.29, 1.82) is 0 Å². The molecule has 2 atom stereocenters. The van der Waals surface area contributed by atoms with Gasteiger partial charge in [0.25, 0.3) is 0 Å². The molecule has 4 aromatic rings. The van der Waals surface area contributed by atoms with Gasteiger partial charge in [0, 0.05) is 60.4 Å². The number of likely N-dealkylation sites (tertiary alicyclic amines) is 1. The van der Waals surface area contributed by atoms with Crippen molar-refractivity contribution < 1.29 is 28.1 Å². The van der Waals surface area contributed by atoms with Crippen molar-refractivity contribution in [1.82, 2.24) is 24.3 Å². The smallest absolute Gasteiger partial charge is 0.387 e. The monoisotopic (exact) mass is 525 g/mol. The summed E-state index contributed by atoms with van der Waals surface area (Å²) in [7, 11) is 1.99. The molecule has 2 unspecified atom stereocenters. The number of hydrogen-bond acceptors (Lipinski definition) is 7. The Hall–Kier alpha value is -3.54. The Morgan fingerprint density at radius 2 is 1.84 bits per heavy atom. The number of aliphatic hydroxyl groups excluding tert-OH is 1. The number of hydrogen-bond donors (Lipinski definition) is 2. The third-order valence-electron chi connectivity index (χ3n) is 7.58. The highest BCUT2D eigenvalue weighted by molar-refractivity contribution is 5.65. The van der Waals surface area contributed by atoms with Gasteiger partial charge in [0.15, 0.2) is 5.82 Å². The van der Waals surface area contributed by atoms with Gasteiger partial charge < -0.3 is 24.3 Å². The SMILES string of the molecule is CN1CCC(O)(c2ncc(-c3cn4c5c(nc4cc3F)C(O)CC5c3ccccc3OC(F)F)cn2)CC1. The number of fused-ring (bicyclic) bond motifs is 3. The first-order valence-corrected chi connectivity index (χ1v) is 12.4. The van der Waals surface area contributed by atoms with Crippen molar-refractivity contribution in [2.24, 2.45) is 0 Å². The summed E-state index contributed by atoms with van der Waals surface area (Å²) in [6.45, 7) is -1.56. The molecule has 0 radical (unpaired) electrons. The van der Waals surface area contributed by atoms with E-state index < -0.39 is 30.1 Å². The highest BCUT2D eigenvalue weighted by atomic mass is 19.3. The van der Waals surface area contributed by atoms with Crippen LogP contribution in [0, 0.1) is 5.82 Å². The van der Waals surface area contributed by atoms with E-state index in [0.717, 1.165) is 13.1 Å². The van der Waals surface area contributed by atoms with Gasteiger partial charge in [0.05, 0.1) is 17.5 Å². The molecule has 1 aliphatic heterocycles. The molecule has 2 aliphatic rings. The van der Waals surface area contributed by atoms with Gasteiger partial charge in [-0.3, -0.25) is 0 Å². The molecule has 1 aromatic carbocycles. The van der Waals surface area contributed by atoms with Crippen molar-refractivity contribution in [3.05, 3.63) is 77.5 Å². The summed E-state index contributed by atoms with van der Waals surface area (Å²) in [6, 6.07) is 7.70. The van der Waals surface area contributed by atoms with E-state index in [1.807, 2.05) is 7.05 Å². The Balaban J connectivity index is 1.40. The van der Waals surface area contributed by atoms with Gasteiger partial charge in [-0.15, -0.1) is 0 Å². The van der Waals surface area contributed by atoms with Crippen molar-refractivity contribution >= 4 is 5.65 Å². The molecule has 3 aromatic heterocycles. The Kier molecular flexibility index (Phi) is 6.09. The first-order valence-electron chi connectivity index (χ1n) is 12.4. The van der Waals surface area contributed by atoms with Crippen LogP contribution in [0.25, 0.3) is 16.8 Å². The normalized spacial score (nSPS) is 21.2. The van der Waals surface area contributed by atoms with Crippen LogP contribution in [0.4, 0.5) is 13.2 Å². The summed E-state index contributed by atoms with van der Waals surface area (Å²) in [4.78, 5) is 15.3. The number of aromatic nitrogens is 4. The number of imidazole rings is 1. The Morgan fingerprint density at radius 1 is 1.13 bits per heavy atom. The van der Waals surface area contributed by atoms with Crippen LogP contribution in [0.3, 0.4) is 0 Å². The lowest BCUT2D eigenvalue weighted by atomic mass is 9.90. The second kappa shape index (κ2) is 9.33. The minimum absolute atomic E-state index is 0.0145. The zero-order chi connectivity index (χ0) is 26.6. The summed E-state index contributed by atoms with van der Waals surface area (Å²) in [5.74, 6) is -0.734. The van der Waals surface area contributed by atoms with Gasteiger partial charge in [0.2, 0.25) is 0 Å². The molecule has 198 valence electrons. The molecular formula is C27H26F3N5O3. The van der Waals surface area contributed by atoms with Gasteiger partial charge in [0.1, 0.15) is 22.8 Å². The van der Waals surface area contributed by atoms with Crippen LogP contribution in [-0.2, 0) is 5.60 Å². The summed E-state index contributed by atoms with van der Waals surface area (Å²) < 4.78 is 47.8. The molecule has 1 fully saturated rings. The van der Waals surface area contributed by atoms with Crippen LogP contribution in [0.1, 0.15) is 54.1 Å². The largest absolute Gasteiger partial charge is 0.435 e. The standard InChI is InChI=1S/C27H26F3N5O3/c1-34-8-6-27(37,7-9-34)25-31-12-15(13-32-25)18-14-35-22(11-19(18)28)33-23-20(36)10-17(24(23)35)16-4-2-3-5-21(16)38-26(29)30/h2-5,11-14,17,20,26,36-37H,6-10H2,1H3. The van der Waals surface area contributed by atoms with Crippen LogP contribution in [0.15, 0.2) is 48.9 Å². The lowest BCUT2D eigenvalue weighted by Gasteiger charge is -2.35. The van der Waals surface area contributed by atoms with Gasteiger partial charge in [-0.25, -0.2) is 19.3 Å². The van der Waals surface area contributed by atoms with Crippen molar-refractivity contribution in [2.75, 3.05) is 20.1 Å². The summed E-state index contributed by atoms with van der Waals surface area (Å²) in [6.07, 6.45) is 4.81. The van der Waals surface area contributed by atoms with E-state index in [2.05, 4.69) is 19.9 Å². The van der Waals surface area contributed by atoms with Gasteiger partial charge >= 0.3 is 6.61 Å². The summed E-state index contributed by atoms with van der Waals surface area (Å²) >= 11 is 0. The maximum absolute atomic E-state index is 15.2. The summed E-state index contributed by atoms with van der Waals surface area (Å²) in [5.41, 5.74) is 1.20. The molecular weight excluding hydrogens is 499 g/mol. The number of para-hydroxylation sites is 1. The molecule has 0 amide bonds. The maximum atomic E-state index is 15.2. The van der Waals surface area contributed by atoms with E-state index in [0.29, 0.717) is 41.2 Å². The fourth-order valence-electron chi connectivity index (χ4n) is 5.52. The lowest BCUT2D eigenvalue weighted by Crippen LogP contribution is -2.41. The van der Waals surface area contributed by atoms with Crippen LogP contribution >= 0.6 is 0 Å². The molecule has 1 saturated heterocycles. The molecule has 1 aliphatic carbocycles. The Bertz CT molecular complexity index is 1490. The molecule has 4 heterocycles. The first kappa shape index (κ1) is 24.8. The highest BCUT2D eigenvalue weighted by Gasteiger charge is 2.38. The minimum atomic E-state index is -3.00. The molecule has 0 saturated carbocycles. The maximum Gasteiger partial charge on any atom is 0.387 e. The van der Waals surface area contributed by atoms with E-state index in [1.54, 1.807) is 28.8 Å². The number of halogens is 3. The predicted octanol–water partition coefficient (Wildman–Crippen LogP) is 4.01. The van der Waals surface area contributed by atoms with Crippen LogP contribution in [-0.4, -0.2) is 61.2 Å².